The third-order valence-electron chi connectivity index (χ3n) is 2.81. The molecule has 0 unspecified atom stereocenters. The minimum atomic E-state index is -0.217. The second kappa shape index (κ2) is 8.47. The molecule has 0 radical (unpaired) electrons. The first-order chi connectivity index (χ1) is 10.3. The summed E-state index contributed by atoms with van der Waals surface area (Å²) in [6.07, 6.45) is 6.03. The van der Waals surface area contributed by atoms with E-state index in [1.165, 1.54) is 0 Å². The smallest absolute Gasteiger partial charge is 0.266 e. The first-order valence-electron chi connectivity index (χ1n) is 7.53. The van der Waals surface area contributed by atoms with E-state index in [-0.39, 0.29) is 11.2 Å². The summed E-state index contributed by atoms with van der Waals surface area (Å²) in [4.78, 5) is 11.8. The lowest BCUT2D eigenvalue weighted by Crippen LogP contribution is -2.22. The van der Waals surface area contributed by atoms with Crippen molar-refractivity contribution in [2.24, 2.45) is 0 Å². The molecule has 3 nitrogen and oxygen atoms in total. The summed E-state index contributed by atoms with van der Waals surface area (Å²) in [6.45, 7) is 10.6. The van der Waals surface area contributed by atoms with Crippen molar-refractivity contribution in [2.45, 2.75) is 39.9 Å². The maximum absolute atomic E-state index is 11.8. The molecule has 0 N–H and O–H groups in total. The van der Waals surface area contributed by atoms with Gasteiger partial charge in [-0.2, -0.15) is 0 Å². The van der Waals surface area contributed by atoms with Crippen molar-refractivity contribution in [2.75, 3.05) is 6.61 Å². The van der Waals surface area contributed by atoms with Gasteiger partial charge in [0.25, 0.3) is 13.1 Å². The normalized spacial score (nSPS) is 12.3. The lowest BCUT2D eigenvalue weighted by atomic mass is 9.55. The molecule has 0 aromatic heterocycles. The molecule has 0 saturated heterocycles. The van der Waals surface area contributed by atoms with Gasteiger partial charge in [-0.1, -0.05) is 43.8 Å². The molecule has 1 aromatic rings. The van der Waals surface area contributed by atoms with Crippen molar-refractivity contribution in [3.63, 3.8) is 0 Å². The second-order valence-corrected chi connectivity index (χ2v) is 6.44. The van der Waals surface area contributed by atoms with E-state index in [2.05, 4.69) is 0 Å². The van der Waals surface area contributed by atoms with Crippen LogP contribution in [0.1, 0.15) is 34.6 Å². The third kappa shape index (κ3) is 7.72. The van der Waals surface area contributed by atoms with Crippen LogP contribution in [0.4, 0.5) is 4.79 Å². The first kappa shape index (κ1) is 18.1. The fraction of sp³-hybridized carbons (Fsp3) is 0.389. The Morgan fingerprint density at radius 2 is 1.77 bits per heavy atom. The van der Waals surface area contributed by atoms with Gasteiger partial charge in [0.2, 0.25) is 0 Å². The van der Waals surface area contributed by atoms with E-state index in [1.54, 1.807) is 24.3 Å². The zero-order valence-electron chi connectivity index (χ0n) is 14.2. The van der Waals surface area contributed by atoms with Crippen molar-refractivity contribution < 1.29 is 14.3 Å². The van der Waals surface area contributed by atoms with E-state index in [0.29, 0.717) is 19.6 Å². The highest BCUT2D eigenvalue weighted by Crippen LogP contribution is 2.22. The lowest BCUT2D eigenvalue weighted by molar-refractivity contribution is 0.224. The maximum Gasteiger partial charge on any atom is 0.266 e. The van der Waals surface area contributed by atoms with Crippen molar-refractivity contribution in [1.82, 2.24) is 0 Å². The number of benzene rings is 1. The van der Waals surface area contributed by atoms with Crippen molar-refractivity contribution in [3.8, 4) is 11.5 Å². The number of ether oxygens (including phenoxy) is 2. The van der Waals surface area contributed by atoms with Gasteiger partial charge >= 0.3 is 0 Å². The van der Waals surface area contributed by atoms with Crippen LogP contribution in [0.15, 0.2) is 48.1 Å². The van der Waals surface area contributed by atoms with Gasteiger partial charge in [0.1, 0.15) is 18.1 Å². The molecule has 0 atom stereocenters. The molecule has 1 rings (SSSR count). The summed E-state index contributed by atoms with van der Waals surface area (Å²) >= 11 is 0. The summed E-state index contributed by atoms with van der Waals surface area (Å²) in [5.41, 5.74) is 1.16. The predicted octanol–water partition coefficient (Wildman–Crippen LogP) is 4.74. The number of hydrogen-bond acceptors (Lipinski definition) is 3. The lowest BCUT2D eigenvalue weighted by Gasteiger charge is -2.14. The molecular weight excluding hydrogens is 275 g/mol. The standard InChI is InChI=1S/C18H25BO3/c1-6-7-14(2)12-13-21-15-8-10-16(11-9-15)22-17(20)19-18(3,4)5/h6-12,19H,13H2,1-5H3/b7-6-,14-12-. The molecule has 118 valence electrons. The number of rotatable bonds is 6. The zero-order chi connectivity index (χ0) is 16.6. The summed E-state index contributed by atoms with van der Waals surface area (Å²) in [5, 5.41) is -0.0722. The van der Waals surface area contributed by atoms with E-state index in [0.717, 1.165) is 11.3 Å². The van der Waals surface area contributed by atoms with Gasteiger partial charge in [-0.05, 0) is 44.2 Å². The highest BCUT2D eigenvalue weighted by molar-refractivity contribution is 6.74. The van der Waals surface area contributed by atoms with Gasteiger partial charge in [0.05, 0.1) is 0 Å². The van der Waals surface area contributed by atoms with Crippen LogP contribution >= 0.6 is 0 Å². The van der Waals surface area contributed by atoms with Crippen LogP contribution in [0, 0.1) is 0 Å². The topological polar surface area (TPSA) is 35.5 Å². The SMILES string of the molecule is C/C=C\C(C)=C/COc1ccc(OC(=O)BC(C)(C)C)cc1. The molecule has 0 heterocycles. The van der Waals surface area contributed by atoms with E-state index < -0.39 is 0 Å². The summed E-state index contributed by atoms with van der Waals surface area (Å²) in [6, 6.07) is 7.11. The quantitative estimate of drug-likeness (QED) is 0.562. The molecule has 0 amide bonds. The van der Waals surface area contributed by atoms with Crippen LogP contribution in [0.2, 0.25) is 5.31 Å². The molecule has 0 bridgehead atoms. The van der Waals surface area contributed by atoms with Crippen LogP contribution in [-0.4, -0.2) is 19.8 Å². The molecule has 1 aromatic carbocycles. The predicted molar refractivity (Wildman–Crippen MR) is 93.4 cm³/mol. The minimum Gasteiger partial charge on any atom is -0.490 e. The van der Waals surface area contributed by atoms with E-state index in [9.17, 15) is 4.79 Å². The van der Waals surface area contributed by atoms with Crippen LogP contribution in [-0.2, 0) is 0 Å². The Morgan fingerprint density at radius 1 is 1.18 bits per heavy atom. The van der Waals surface area contributed by atoms with Gasteiger partial charge in [-0.15, -0.1) is 0 Å². The fourth-order valence-electron chi connectivity index (χ4n) is 1.80. The van der Waals surface area contributed by atoms with Crippen LogP contribution < -0.4 is 9.47 Å². The minimum absolute atomic E-state index is 0.0722. The van der Waals surface area contributed by atoms with Gasteiger partial charge in [0.15, 0.2) is 0 Å². The van der Waals surface area contributed by atoms with Crippen molar-refractivity contribution in [1.29, 1.82) is 0 Å². The molecular formula is C18H25BO3. The Bertz CT molecular complexity index is 536. The Labute approximate surface area is 134 Å². The Kier molecular flexibility index (Phi) is 6.96. The molecule has 0 aliphatic heterocycles. The van der Waals surface area contributed by atoms with Crippen LogP contribution in [0.3, 0.4) is 0 Å². The van der Waals surface area contributed by atoms with Gasteiger partial charge in [0, 0.05) is 0 Å². The van der Waals surface area contributed by atoms with E-state index >= 15 is 0 Å². The highest BCUT2D eigenvalue weighted by atomic mass is 16.5. The van der Waals surface area contributed by atoms with Gasteiger partial charge in [-0.25, -0.2) is 0 Å². The van der Waals surface area contributed by atoms with E-state index in [4.69, 9.17) is 9.47 Å². The molecule has 0 saturated carbocycles. The van der Waals surface area contributed by atoms with Crippen molar-refractivity contribution in [3.05, 3.63) is 48.1 Å². The maximum atomic E-state index is 11.8. The summed E-state index contributed by atoms with van der Waals surface area (Å²) in [5.74, 6) is 1.08. The fourth-order valence-corrected chi connectivity index (χ4v) is 1.80. The number of carbonyl (C=O) groups excluding carboxylic acids is 1. The van der Waals surface area contributed by atoms with Gasteiger partial charge < -0.3 is 9.47 Å². The molecule has 0 spiro atoms. The largest absolute Gasteiger partial charge is 0.490 e. The molecule has 0 fully saturated rings. The van der Waals surface area contributed by atoms with Crippen LogP contribution in [0.25, 0.3) is 0 Å². The molecule has 22 heavy (non-hydrogen) atoms. The second-order valence-electron chi connectivity index (χ2n) is 6.44. The third-order valence-corrected chi connectivity index (χ3v) is 2.81. The zero-order valence-corrected chi connectivity index (χ0v) is 14.2. The van der Waals surface area contributed by atoms with Crippen molar-refractivity contribution >= 4 is 13.1 Å². The van der Waals surface area contributed by atoms with E-state index in [1.807, 2.05) is 52.8 Å². The molecule has 0 aliphatic rings. The summed E-state index contributed by atoms with van der Waals surface area (Å²) in [7, 11) is 0.389. The van der Waals surface area contributed by atoms with Gasteiger partial charge in [-0.3, -0.25) is 4.79 Å². The highest BCUT2D eigenvalue weighted by Gasteiger charge is 2.20. The Morgan fingerprint density at radius 3 is 2.32 bits per heavy atom. The average molecular weight is 300 g/mol. The Balaban J connectivity index is 2.49. The average Bonchev–Trinajstić information content (AvgIpc) is 2.39. The first-order valence-corrected chi connectivity index (χ1v) is 7.53. The number of carbonyl (C=O) groups is 1. The summed E-state index contributed by atoms with van der Waals surface area (Å²) < 4.78 is 10.9. The molecule has 0 aliphatic carbocycles. The number of allylic oxidation sites excluding steroid dienone is 3. The molecule has 4 heteroatoms. The number of hydrogen-bond donors (Lipinski definition) is 0. The Hall–Kier alpha value is -1.97. The van der Waals surface area contributed by atoms with Crippen LogP contribution in [0.5, 0.6) is 11.5 Å². The monoisotopic (exact) mass is 300 g/mol.